The Hall–Kier alpha value is -0.370. The van der Waals surface area contributed by atoms with E-state index in [1.807, 2.05) is 0 Å². The molecule has 0 aromatic heterocycles. The van der Waals surface area contributed by atoms with Crippen molar-refractivity contribution in [3.05, 3.63) is 6.92 Å². The molecule has 0 aromatic rings. The smallest absolute Gasteiger partial charge is 0.135 e. The maximum atomic E-state index is 10.8. The summed E-state index contributed by atoms with van der Waals surface area (Å²) in [4.78, 5) is 10.8. The van der Waals surface area contributed by atoms with Crippen LogP contribution in [-0.2, 0) is 4.79 Å². The summed E-state index contributed by atoms with van der Waals surface area (Å²) in [5, 5.41) is 9.33. The zero-order chi connectivity index (χ0) is 9.40. The lowest BCUT2D eigenvalue weighted by Gasteiger charge is -2.07. The summed E-state index contributed by atoms with van der Waals surface area (Å²) in [7, 11) is 0. The van der Waals surface area contributed by atoms with Crippen LogP contribution in [-0.4, -0.2) is 17.0 Å². The van der Waals surface area contributed by atoms with Crippen LogP contribution >= 0.6 is 0 Å². The highest BCUT2D eigenvalue weighted by atomic mass is 16.3. The molecule has 0 aliphatic carbocycles. The second kappa shape index (κ2) is 7.29. The molecular formula is C10H19O2. The third-order valence-electron chi connectivity index (χ3n) is 1.88. The third-order valence-corrected chi connectivity index (χ3v) is 1.88. The van der Waals surface area contributed by atoms with Gasteiger partial charge in [0.2, 0.25) is 0 Å². The highest BCUT2D eigenvalue weighted by molar-refractivity contribution is 5.79. The maximum absolute atomic E-state index is 10.8. The number of Topliss-reactive ketones (excluding diaryl/α,β-unsaturated/α-hetero) is 1. The van der Waals surface area contributed by atoms with Crippen molar-refractivity contribution >= 4 is 5.78 Å². The van der Waals surface area contributed by atoms with Crippen LogP contribution in [0.15, 0.2) is 0 Å². The molecule has 0 saturated carbocycles. The third kappa shape index (κ3) is 6.35. The van der Waals surface area contributed by atoms with Crippen LogP contribution in [0.25, 0.3) is 0 Å². The molecule has 1 radical (unpaired) electrons. The quantitative estimate of drug-likeness (QED) is 0.596. The summed E-state index contributed by atoms with van der Waals surface area (Å²) in [6.45, 7) is 5.59. The highest BCUT2D eigenvalue weighted by Crippen LogP contribution is 2.07. The van der Waals surface area contributed by atoms with Gasteiger partial charge in [-0.1, -0.05) is 26.2 Å². The molecular weight excluding hydrogens is 152 g/mol. The summed E-state index contributed by atoms with van der Waals surface area (Å²) in [5.74, 6) is 0.0546. The van der Waals surface area contributed by atoms with Gasteiger partial charge < -0.3 is 5.11 Å². The molecule has 0 heterocycles. The van der Waals surface area contributed by atoms with Crippen molar-refractivity contribution < 1.29 is 9.90 Å². The van der Waals surface area contributed by atoms with Gasteiger partial charge in [0.1, 0.15) is 5.78 Å². The second-order valence-corrected chi connectivity index (χ2v) is 3.14. The molecule has 1 N–H and O–H groups in total. The number of rotatable bonds is 7. The average Bonchev–Trinajstić information content (AvgIpc) is 2.05. The standard InChI is InChI=1S/C10H19O2/c1-3-5-6-7-10(12)8-9(11)4-2/h10,12H,2-8H2,1H3. The monoisotopic (exact) mass is 171 g/mol. The number of aliphatic hydroxyl groups is 1. The van der Waals surface area contributed by atoms with Crippen LogP contribution in [0.4, 0.5) is 0 Å². The largest absolute Gasteiger partial charge is 0.393 e. The van der Waals surface area contributed by atoms with E-state index in [1.54, 1.807) is 0 Å². The predicted molar refractivity (Wildman–Crippen MR) is 49.7 cm³/mol. The summed E-state index contributed by atoms with van der Waals surface area (Å²) < 4.78 is 0. The average molecular weight is 171 g/mol. The fourth-order valence-electron chi connectivity index (χ4n) is 1.10. The second-order valence-electron chi connectivity index (χ2n) is 3.14. The van der Waals surface area contributed by atoms with Crippen molar-refractivity contribution in [3.63, 3.8) is 0 Å². The van der Waals surface area contributed by atoms with Crippen molar-refractivity contribution in [2.45, 2.75) is 51.6 Å². The van der Waals surface area contributed by atoms with Gasteiger partial charge in [-0.3, -0.25) is 4.79 Å². The number of carbonyl (C=O) groups excluding carboxylic acids is 1. The van der Waals surface area contributed by atoms with E-state index in [0.717, 1.165) is 25.7 Å². The van der Waals surface area contributed by atoms with Gasteiger partial charge in [-0.25, -0.2) is 0 Å². The Morgan fingerprint density at radius 3 is 2.67 bits per heavy atom. The molecule has 0 amide bonds. The Kier molecular flexibility index (Phi) is 7.06. The fraction of sp³-hybridized carbons (Fsp3) is 0.800. The van der Waals surface area contributed by atoms with Gasteiger partial charge in [0.25, 0.3) is 0 Å². The van der Waals surface area contributed by atoms with Crippen LogP contribution in [0.3, 0.4) is 0 Å². The van der Waals surface area contributed by atoms with Gasteiger partial charge in [-0.05, 0) is 13.3 Å². The van der Waals surface area contributed by atoms with E-state index in [2.05, 4.69) is 13.8 Å². The minimum absolute atomic E-state index is 0.0546. The van der Waals surface area contributed by atoms with Gasteiger partial charge in [-0.2, -0.15) is 0 Å². The summed E-state index contributed by atoms with van der Waals surface area (Å²) in [5.41, 5.74) is 0. The van der Waals surface area contributed by atoms with E-state index >= 15 is 0 Å². The molecule has 0 fully saturated rings. The lowest BCUT2D eigenvalue weighted by molar-refractivity contribution is -0.120. The lowest BCUT2D eigenvalue weighted by atomic mass is 10.1. The van der Waals surface area contributed by atoms with Crippen LogP contribution in [0.2, 0.25) is 0 Å². The number of ketones is 1. The van der Waals surface area contributed by atoms with E-state index < -0.39 is 6.10 Å². The van der Waals surface area contributed by atoms with Crippen molar-refractivity contribution in [3.8, 4) is 0 Å². The van der Waals surface area contributed by atoms with E-state index in [1.165, 1.54) is 0 Å². The van der Waals surface area contributed by atoms with Crippen molar-refractivity contribution in [2.75, 3.05) is 0 Å². The summed E-state index contributed by atoms with van der Waals surface area (Å²) >= 11 is 0. The Labute approximate surface area is 75.0 Å². The molecule has 0 bridgehead atoms. The predicted octanol–water partition coefficient (Wildman–Crippen LogP) is 2.11. The molecule has 1 unspecified atom stereocenters. The number of carbonyl (C=O) groups is 1. The van der Waals surface area contributed by atoms with Gasteiger partial charge in [-0.15, -0.1) is 0 Å². The molecule has 0 spiro atoms. The first-order valence-corrected chi connectivity index (χ1v) is 4.69. The number of aliphatic hydroxyl groups excluding tert-OH is 1. The van der Waals surface area contributed by atoms with Crippen molar-refractivity contribution in [1.29, 1.82) is 0 Å². The Bertz CT molecular complexity index is 121. The van der Waals surface area contributed by atoms with Gasteiger partial charge in [0.05, 0.1) is 6.10 Å². The van der Waals surface area contributed by atoms with Gasteiger partial charge in [0, 0.05) is 12.8 Å². The highest BCUT2D eigenvalue weighted by Gasteiger charge is 2.07. The molecule has 1 atom stereocenters. The van der Waals surface area contributed by atoms with Crippen molar-refractivity contribution in [1.82, 2.24) is 0 Å². The van der Waals surface area contributed by atoms with Crippen molar-refractivity contribution in [2.24, 2.45) is 0 Å². The molecule has 2 heteroatoms. The topological polar surface area (TPSA) is 37.3 Å². The molecule has 0 rings (SSSR count). The first kappa shape index (κ1) is 11.6. The normalized spacial score (nSPS) is 12.9. The van der Waals surface area contributed by atoms with Crippen LogP contribution in [0, 0.1) is 6.92 Å². The molecule has 2 nitrogen and oxygen atoms in total. The van der Waals surface area contributed by atoms with Gasteiger partial charge in [0.15, 0.2) is 0 Å². The van der Waals surface area contributed by atoms with E-state index in [4.69, 9.17) is 0 Å². The molecule has 71 valence electrons. The van der Waals surface area contributed by atoms with E-state index in [9.17, 15) is 9.90 Å². The molecule has 0 aliphatic rings. The van der Waals surface area contributed by atoms with E-state index in [-0.39, 0.29) is 12.2 Å². The molecule has 0 aromatic carbocycles. The Balaban J connectivity index is 3.32. The summed E-state index contributed by atoms with van der Waals surface area (Å²) in [6.07, 6.45) is 4.19. The van der Waals surface area contributed by atoms with Crippen LogP contribution < -0.4 is 0 Å². The number of unbranched alkanes of at least 4 members (excludes halogenated alkanes) is 2. The zero-order valence-electron chi connectivity index (χ0n) is 7.88. The van der Waals surface area contributed by atoms with Crippen LogP contribution in [0.5, 0.6) is 0 Å². The first-order valence-electron chi connectivity index (χ1n) is 4.69. The number of hydrogen-bond donors (Lipinski definition) is 1. The number of hydrogen-bond acceptors (Lipinski definition) is 2. The minimum Gasteiger partial charge on any atom is -0.393 e. The zero-order valence-corrected chi connectivity index (χ0v) is 7.88. The Morgan fingerprint density at radius 2 is 2.17 bits per heavy atom. The van der Waals surface area contributed by atoms with E-state index in [0.29, 0.717) is 6.42 Å². The molecule has 0 saturated heterocycles. The Morgan fingerprint density at radius 1 is 1.50 bits per heavy atom. The molecule has 12 heavy (non-hydrogen) atoms. The molecule has 0 aliphatic heterocycles. The SMILES string of the molecule is [CH2]CC(=O)CC(O)CCCCC. The first-order chi connectivity index (χ1) is 5.70. The minimum atomic E-state index is -0.439. The van der Waals surface area contributed by atoms with Gasteiger partial charge >= 0.3 is 0 Å². The maximum Gasteiger partial charge on any atom is 0.135 e. The summed E-state index contributed by atoms with van der Waals surface area (Å²) in [6, 6.07) is 0. The fourth-order valence-corrected chi connectivity index (χ4v) is 1.10. The lowest BCUT2D eigenvalue weighted by Crippen LogP contribution is -2.12. The van der Waals surface area contributed by atoms with Crippen LogP contribution in [0.1, 0.15) is 45.4 Å².